The van der Waals surface area contributed by atoms with Gasteiger partial charge in [0.05, 0.1) is 0 Å². The molecule has 7 nitrogen and oxygen atoms in total. The van der Waals surface area contributed by atoms with E-state index in [4.69, 9.17) is 16.3 Å². The molecule has 1 fully saturated rings. The Hall–Kier alpha value is -3.01. The summed E-state index contributed by atoms with van der Waals surface area (Å²) in [7, 11) is 0. The number of amides is 1. The summed E-state index contributed by atoms with van der Waals surface area (Å²) in [5, 5.41) is 11.2. The Morgan fingerprint density at radius 2 is 1.94 bits per heavy atom. The van der Waals surface area contributed by atoms with Crippen LogP contribution in [0.25, 0.3) is 0 Å². The molecular formula is C21H21ClF3N5O2. The number of aromatic nitrogens is 4. The van der Waals surface area contributed by atoms with Crippen LogP contribution < -0.4 is 10.1 Å². The molecule has 1 N–H and O–H groups in total. The van der Waals surface area contributed by atoms with E-state index in [1.165, 1.54) is 15.6 Å². The van der Waals surface area contributed by atoms with Gasteiger partial charge in [0.25, 0.3) is 5.91 Å². The minimum absolute atomic E-state index is 0.0373. The van der Waals surface area contributed by atoms with Crippen LogP contribution in [0.15, 0.2) is 42.6 Å². The van der Waals surface area contributed by atoms with E-state index >= 15 is 0 Å². The van der Waals surface area contributed by atoms with Gasteiger partial charge in [-0.25, -0.2) is 4.68 Å². The molecule has 0 radical (unpaired) electrons. The van der Waals surface area contributed by atoms with E-state index < -0.39 is 11.9 Å². The summed E-state index contributed by atoms with van der Waals surface area (Å²) in [4.78, 5) is 12.5. The molecule has 170 valence electrons. The number of nitrogens with zero attached hydrogens (tertiary/aromatic N) is 4. The van der Waals surface area contributed by atoms with Gasteiger partial charge >= 0.3 is 6.18 Å². The number of nitrogens with one attached hydrogen (secondary N) is 1. The third-order valence-corrected chi connectivity index (χ3v) is 5.30. The van der Waals surface area contributed by atoms with Crippen LogP contribution in [0.5, 0.6) is 5.75 Å². The van der Waals surface area contributed by atoms with Crippen LogP contribution in [0.2, 0.25) is 5.02 Å². The lowest BCUT2D eigenvalue weighted by Crippen LogP contribution is -2.28. The maximum Gasteiger partial charge on any atom is 0.435 e. The quantitative estimate of drug-likeness (QED) is 0.471. The highest BCUT2D eigenvalue weighted by Crippen LogP contribution is 2.42. The third-order valence-electron chi connectivity index (χ3n) is 5.05. The Kier molecular flexibility index (Phi) is 6.40. The maximum absolute atomic E-state index is 13.0. The van der Waals surface area contributed by atoms with Crippen molar-refractivity contribution in [3.63, 3.8) is 0 Å². The first-order chi connectivity index (χ1) is 15.3. The van der Waals surface area contributed by atoms with Crippen molar-refractivity contribution in [1.82, 2.24) is 24.9 Å². The van der Waals surface area contributed by atoms with Crippen molar-refractivity contribution < 1.29 is 22.7 Å². The Morgan fingerprint density at radius 3 is 2.62 bits per heavy atom. The van der Waals surface area contributed by atoms with Crippen molar-refractivity contribution in [3.8, 4) is 5.75 Å². The summed E-state index contributed by atoms with van der Waals surface area (Å²) in [5.41, 5.74) is 0.0604. The highest BCUT2D eigenvalue weighted by Gasteiger charge is 2.37. The van der Waals surface area contributed by atoms with E-state index in [2.05, 4.69) is 15.5 Å². The number of hydrogen-bond donors (Lipinski definition) is 1. The lowest BCUT2D eigenvalue weighted by atomic mass is 10.2. The normalized spacial score (nSPS) is 13.9. The molecule has 2 aromatic heterocycles. The molecule has 4 rings (SSSR count). The van der Waals surface area contributed by atoms with Crippen LogP contribution in [0.3, 0.4) is 0 Å². The van der Waals surface area contributed by atoms with E-state index in [9.17, 15) is 18.0 Å². The first-order valence-corrected chi connectivity index (χ1v) is 10.5. The van der Waals surface area contributed by atoms with E-state index in [1.807, 2.05) is 0 Å². The topological polar surface area (TPSA) is 74.0 Å². The molecule has 1 aromatic carbocycles. The average Bonchev–Trinajstić information content (AvgIpc) is 3.31. The SMILES string of the molecule is O=C(NCCCn1nc(C(F)(F)F)cc1C1CC1)c1ccnn1COc1ccc(Cl)cc1. The molecule has 0 unspecified atom stereocenters. The summed E-state index contributed by atoms with van der Waals surface area (Å²) in [6.45, 7) is 0.615. The molecule has 1 saturated carbocycles. The highest BCUT2D eigenvalue weighted by molar-refractivity contribution is 6.30. The molecule has 1 aliphatic rings. The van der Waals surface area contributed by atoms with Crippen molar-refractivity contribution in [2.45, 2.75) is 44.6 Å². The van der Waals surface area contributed by atoms with E-state index in [0.29, 0.717) is 35.1 Å². The van der Waals surface area contributed by atoms with Crippen LogP contribution in [0.1, 0.15) is 47.1 Å². The van der Waals surface area contributed by atoms with Crippen molar-refractivity contribution in [2.75, 3.05) is 6.54 Å². The monoisotopic (exact) mass is 467 g/mol. The fraction of sp³-hybridized carbons (Fsp3) is 0.381. The van der Waals surface area contributed by atoms with Gasteiger partial charge in [0.1, 0.15) is 11.4 Å². The van der Waals surface area contributed by atoms with E-state index in [-0.39, 0.29) is 25.1 Å². The molecule has 11 heteroatoms. The Bertz CT molecular complexity index is 1070. The molecule has 32 heavy (non-hydrogen) atoms. The number of benzene rings is 1. The number of hydrogen-bond acceptors (Lipinski definition) is 4. The molecule has 3 aromatic rings. The van der Waals surface area contributed by atoms with Crippen LogP contribution in [0, 0.1) is 0 Å². The molecule has 0 spiro atoms. The standard InChI is InChI=1S/C21H21ClF3N5O2/c22-15-4-6-16(7-5-15)32-13-30-17(8-10-27-30)20(31)26-9-1-11-29-18(14-2-3-14)12-19(28-29)21(23,24)25/h4-8,10,12,14H,1-3,9,11,13H2,(H,26,31). The van der Waals surface area contributed by atoms with Gasteiger partial charge < -0.3 is 10.1 Å². The number of ether oxygens (including phenoxy) is 1. The zero-order chi connectivity index (χ0) is 22.7. The van der Waals surface area contributed by atoms with Crippen molar-refractivity contribution >= 4 is 17.5 Å². The van der Waals surface area contributed by atoms with E-state index in [0.717, 1.165) is 18.9 Å². The van der Waals surface area contributed by atoms with E-state index in [1.54, 1.807) is 30.3 Å². The fourth-order valence-electron chi connectivity index (χ4n) is 3.27. The minimum Gasteiger partial charge on any atom is -0.471 e. The van der Waals surface area contributed by atoms with Crippen LogP contribution in [-0.2, 0) is 19.5 Å². The molecule has 0 atom stereocenters. The number of carbonyl (C=O) groups is 1. The summed E-state index contributed by atoms with van der Waals surface area (Å²) < 4.78 is 47.4. The predicted octanol–water partition coefficient (Wildman–Crippen LogP) is 4.49. The summed E-state index contributed by atoms with van der Waals surface area (Å²) in [6.07, 6.45) is -0.774. The van der Waals surface area contributed by atoms with Crippen molar-refractivity contribution in [2.24, 2.45) is 0 Å². The Labute approximate surface area is 187 Å². The number of aryl methyl sites for hydroxylation is 1. The summed E-state index contributed by atoms with van der Waals surface area (Å²) in [5.74, 6) is 0.379. The van der Waals surface area contributed by atoms with Gasteiger partial charge in [-0.15, -0.1) is 0 Å². The second-order valence-corrected chi connectivity index (χ2v) is 7.94. The maximum atomic E-state index is 13.0. The lowest BCUT2D eigenvalue weighted by Gasteiger charge is -2.11. The number of carbonyl (C=O) groups excluding carboxylic acids is 1. The number of halogens is 4. The molecule has 2 heterocycles. The van der Waals surface area contributed by atoms with Crippen LogP contribution in [0.4, 0.5) is 13.2 Å². The van der Waals surface area contributed by atoms with Gasteiger partial charge in [-0.1, -0.05) is 11.6 Å². The largest absolute Gasteiger partial charge is 0.471 e. The molecule has 0 bridgehead atoms. The third kappa shape index (κ3) is 5.42. The van der Waals surface area contributed by atoms with Gasteiger partial charge in [0.2, 0.25) is 0 Å². The van der Waals surface area contributed by atoms with Crippen LogP contribution >= 0.6 is 11.6 Å². The first kappa shape index (κ1) is 22.2. The molecule has 1 aliphatic carbocycles. The first-order valence-electron chi connectivity index (χ1n) is 10.1. The smallest absolute Gasteiger partial charge is 0.435 e. The predicted molar refractivity (Wildman–Crippen MR) is 110 cm³/mol. The second kappa shape index (κ2) is 9.23. The molecule has 0 saturated heterocycles. The summed E-state index contributed by atoms with van der Waals surface area (Å²) in [6, 6.07) is 9.51. The Balaban J connectivity index is 1.28. The van der Waals surface area contributed by atoms with Crippen LogP contribution in [-0.4, -0.2) is 32.0 Å². The van der Waals surface area contributed by atoms with Gasteiger partial charge in [-0.3, -0.25) is 9.48 Å². The van der Waals surface area contributed by atoms with Crippen molar-refractivity contribution in [1.29, 1.82) is 0 Å². The molecule has 1 amide bonds. The Morgan fingerprint density at radius 1 is 1.19 bits per heavy atom. The van der Waals surface area contributed by atoms with Crippen molar-refractivity contribution in [3.05, 3.63) is 64.7 Å². The lowest BCUT2D eigenvalue weighted by molar-refractivity contribution is -0.141. The molecular weight excluding hydrogens is 447 g/mol. The molecule has 0 aliphatic heterocycles. The van der Waals surface area contributed by atoms with Gasteiger partial charge in [0, 0.05) is 35.9 Å². The number of alkyl halides is 3. The zero-order valence-electron chi connectivity index (χ0n) is 17.0. The van der Waals surface area contributed by atoms with Gasteiger partial charge in [-0.05, 0) is 55.7 Å². The zero-order valence-corrected chi connectivity index (χ0v) is 17.7. The number of rotatable bonds is 9. The average molecular weight is 468 g/mol. The second-order valence-electron chi connectivity index (χ2n) is 7.50. The fourth-order valence-corrected chi connectivity index (χ4v) is 3.40. The van der Waals surface area contributed by atoms with Gasteiger partial charge in [0.15, 0.2) is 12.4 Å². The van der Waals surface area contributed by atoms with Gasteiger partial charge in [-0.2, -0.15) is 23.4 Å². The minimum atomic E-state index is -4.46. The highest BCUT2D eigenvalue weighted by atomic mass is 35.5. The summed E-state index contributed by atoms with van der Waals surface area (Å²) >= 11 is 5.84.